The number of aromatic nitrogens is 1. The molecule has 0 fully saturated rings. The van der Waals surface area contributed by atoms with Gasteiger partial charge in [-0.3, -0.25) is 4.98 Å². The molecule has 1 heterocycles. The van der Waals surface area contributed by atoms with Crippen LogP contribution in [-0.4, -0.2) is 11.0 Å². The fraction of sp³-hybridized carbons (Fsp3) is 0.0400. The van der Waals surface area contributed by atoms with Gasteiger partial charge in [-0.2, -0.15) is 0 Å². The molecule has 0 N–H and O–H groups in total. The number of benzene rings is 3. The van der Waals surface area contributed by atoms with Crippen molar-refractivity contribution in [2.45, 2.75) is 6.10 Å². The van der Waals surface area contributed by atoms with Crippen LogP contribution >= 0.6 is 15.9 Å². The lowest BCUT2D eigenvalue weighted by atomic mass is 9.99. The summed E-state index contributed by atoms with van der Waals surface area (Å²) in [5.74, 6) is -0.378. The maximum Gasteiger partial charge on any atom is 0.339 e. The summed E-state index contributed by atoms with van der Waals surface area (Å²) < 4.78 is 6.86. The third-order valence-electron chi connectivity index (χ3n) is 4.58. The average molecular weight is 444 g/mol. The Hall–Kier alpha value is -3.24. The third-order valence-corrected chi connectivity index (χ3v) is 5.11. The van der Waals surface area contributed by atoms with Crippen LogP contribution in [0.2, 0.25) is 0 Å². The van der Waals surface area contributed by atoms with Crippen molar-refractivity contribution in [2.24, 2.45) is 0 Å². The number of pyridine rings is 1. The van der Waals surface area contributed by atoms with Crippen LogP contribution in [0.4, 0.5) is 0 Å². The molecule has 3 aromatic carbocycles. The molecule has 0 aliphatic heterocycles. The van der Waals surface area contributed by atoms with Crippen molar-refractivity contribution in [1.29, 1.82) is 0 Å². The van der Waals surface area contributed by atoms with Crippen LogP contribution < -0.4 is 0 Å². The second-order valence-electron chi connectivity index (χ2n) is 6.58. The highest BCUT2D eigenvalue weighted by Crippen LogP contribution is 2.30. The van der Waals surface area contributed by atoms with Gasteiger partial charge in [0, 0.05) is 28.0 Å². The normalized spacial score (nSPS) is 11.6. The summed E-state index contributed by atoms with van der Waals surface area (Å²) in [5, 5.41) is 0. The lowest BCUT2D eigenvalue weighted by molar-refractivity contribution is 0.0377. The predicted molar refractivity (Wildman–Crippen MR) is 118 cm³/mol. The molecule has 0 saturated heterocycles. The van der Waals surface area contributed by atoms with Crippen molar-refractivity contribution < 1.29 is 9.53 Å². The maximum atomic E-state index is 12.8. The quantitative estimate of drug-likeness (QED) is 0.332. The zero-order valence-corrected chi connectivity index (χ0v) is 17.1. The summed E-state index contributed by atoms with van der Waals surface area (Å²) >= 11 is 3.39. The third kappa shape index (κ3) is 4.61. The van der Waals surface area contributed by atoms with Gasteiger partial charge >= 0.3 is 5.97 Å². The van der Waals surface area contributed by atoms with Crippen molar-refractivity contribution in [3.8, 4) is 11.1 Å². The van der Waals surface area contributed by atoms with Crippen LogP contribution in [0.1, 0.15) is 27.6 Å². The fourth-order valence-electron chi connectivity index (χ4n) is 3.11. The highest BCUT2D eigenvalue weighted by molar-refractivity contribution is 9.10. The number of rotatable bonds is 5. The van der Waals surface area contributed by atoms with E-state index in [4.69, 9.17) is 4.74 Å². The Morgan fingerprint density at radius 3 is 2.10 bits per heavy atom. The Labute approximate surface area is 178 Å². The molecule has 0 saturated carbocycles. The number of hydrogen-bond acceptors (Lipinski definition) is 3. The summed E-state index contributed by atoms with van der Waals surface area (Å²) in [5.41, 5.74) is 4.26. The van der Waals surface area contributed by atoms with Crippen molar-refractivity contribution >= 4 is 21.9 Å². The molecule has 0 radical (unpaired) electrons. The standard InChI is InChI=1S/C25H18BrNO2/c26-23-13-11-20(12-14-23)25(28)29-24(19-9-5-2-6-10-19)22-15-21(16-27-17-22)18-7-3-1-4-8-18/h1-17,24H/t24-/m1/s1. The van der Waals surface area contributed by atoms with Crippen LogP contribution in [0.25, 0.3) is 11.1 Å². The molecule has 4 rings (SSSR count). The van der Waals surface area contributed by atoms with Gasteiger partial charge in [-0.25, -0.2) is 4.79 Å². The van der Waals surface area contributed by atoms with Crippen LogP contribution in [-0.2, 0) is 4.74 Å². The smallest absolute Gasteiger partial charge is 0.339 e. The summed E-state index contributed by atoms with van der Waals surface area (Å²) in [4.78, 5) is 17.2. The van der Waals surface area contributed by atoms with Crippen LogP contribution in [0.15, 0.2) is 108 Å². The summed E-state index contributed by atoms with van der Waals surface area (Å²) in [6.45, 7) is 0. The number of halogens is 1. The largest absolute Gasteiger partial charge is 0.449 e. The highest BCUT2D eigenvalue weighted by Gasteiger charge is 2.21. The molecule has 0 unspecified atom stereocenters. The van der Waals surface area contributed by atoms with E-state index in [2.05, 4.69) is 20.9 Å². The summed E-state index contributed by atoms with van der Waals surface area (Å²) in [6, 6.07) is 28.9. The van der Waals surface area contributed by atoms with E-state index in [9.17, 15) is 4.79 Å². The molecule has 0 amide bonds. The minimum Gasteiger partial charge on any atom is -0.449 e. The van der Waals surface area contributed by atoms with Gasteiger partial charge in [0.2, 0.25) is 0 Å². The number of nitrogens with zero attached hydrogens (tertiary/aromatic N) is 1. The number of carbonyl (C=O) groups is 1. The van der Waals surface area contributed by atoms with E-state index >= 15 is 0 Å². The van der Waals surface area contributed by atoms with E-state index in [-0.39, 0.29) is 5.97 Å². The minimum atomic E-state index is -0.552. The van der Waals surface area contributed by atoms with Gasteiger partial charge in [0.25, 0.3) is 0 Å². The molecular weight excluding hydrogens is 426 g/mol. The van der Waals surface area contributed by atoms with E-state index in [1.165, 1.54) is 0 Å². The number of esters is 1. The first-order valence-corrected chi connectivity index (χ1v) is 10.0. The Morgan fingerprint density at radius 2 is 1.41 bits per heavy atom. The molecule has 0 bridgehead atoms. The second-order valence-corrected chi connectivity index (χ2v) is 7.49. The molecule has 142 valence electrons. The first kappa shape index (κ1) is 19.1. The van der Waals surface area contributed by atoms with Gasteiger partial charge in [0.1, 0.15) is 0 Å². The van der Waals surface area contributed by atoms with Gasteiger partial charge < -0.3 is 4.74 Å². The van der Waals surface area contributed by atoms with Crippen LogP contribution in [0.5, 0.6) is 0 Å². The zero-order chi connectivity index (χ0) is 20.1. The molecular formula is C25H18BrNO2. The molecule has 29 heavy (non-hydrogen) atoms. The average Bonchev–Trinajstić information content (AvgIpc) is 2.79. The van der Waals surface area contributed by atoms with Crippen molar-refractivity contribution in [3.05, 3.63) is 125 Å². The molecule has 4 heteroatoms. The van der Waals surface area contributed by atoms with E-state index in [0.29, 0.717) is 5.56 Å². The Bertz CT molecular complexity index is 1100. The molecule has 0 aliphatic rings. The lowest BCUT2D eigenvalue weighted by Gasteiger charge is -2.19. The van der Waals surface area contributed by atoms with Gasteiger partial charge in [-0.15, -0.1) is 0 Å². The summed E-state index contributed by atoms with van der Waals surface area (Å²) in [7, 11) is 0. The predicted octanol–water partition coefficient (Wildman–Crippen LogP) is 6.46. The molecule has 0 spiro atoms. The second kappa shape index (κ2) is 8.84. The zero-order valence-electron chi connectivity index (χ0n) is 15.5. The maximum absolute atomic E-state index is 12.8. The molecule has 1 aromatic heterocycles. The first-order chi connectivity index (χ1) is 14.2. The monoisotopic (exact) mass is 443 g/mol. The van der Waals surface area contributed by atoms with Crippen molar-refractivity contribution in [3.63, 3.8) is 0 Å². The molecule has 1 atom stereocenters. The van der Waals surface area contributed by atoms with E-state index in [0.717, 1.165) is 26.7 Å². The van der Waals surface area contributed by atoms with Crippen LogP contribution in [0, 0.1) is 0 Å². The molecule has 4 aromatic rings. The van der Waals surface area contributed by atoms with Crippen LogP contribution in [0.3, 0.4) is 0 Å². The number of ether oxygens (including phenoxy) is 1. The van der Waals surface area contributed by atoms with Gasteiger partial charge in [0.15, 0.2) is 6.10 Å². The lowest BCUT2D eigenvalue weighted by Crippen LogP contribution is -2.13. The minimum absolute atomic E-state index is 0.378. The fourth-order valence-corrected chi connectivity index (χ4v) is 3.37. The van der Waals surface area contributed by atoms with E-state index in [1.807, 2.05) is 85.1 Å². The van der Waals surface area contributed by atoms with E-state index < -0.39 is 6.10 Å². The first-order valence-electron chi connectivity index (χ1n) is 9.22. The summed E-state index contributed by atoms with van der Waals surface area (Å²) in [6.07, 6.45) is 3.01. The SMILES string of the molecule is O=C(O[C@H](c1ccccc1)c1cncc(-c2ccccc2)c1)c1ccc(Br)cc1. The van der Waals surface area contributed by atoms with Gasteiger partial charge in [-0.05, 0) is 41.5 Å². The Morgan fingerprint density at radius 1 is 0.759 bits per heavy atom. The van der Waals surface area contributed by atoms with Crippen molar-refractivity contribution in [1.82, 2.24) is 4.98 Å². The number of carbonyl (C=O) groups excluding carboxylic acids is 1. The topological polar surface area (TPSA) is 39.2 Å². The molecule has 0 aliphatic carbocycles. The number of hydrogen-bond donors (Lipinski definition) is 0. The Kier molecular flexibility index (Phi) is 5.82. The van der Waals surface area contributed by atoms with Gasteiger partial charge in [-0.1, -0.05) is 76.6 Å². The van der Waals surface area contributed by atoms with Gasteiger partial charge in [0.05, 0.1) is 5.56 Å². The molecule has 3 nitrogen and oxygen atoms in total. The van der Waals surface area contributed by atoms with Crippen molar-refractivity contribution in [2.75, 3.05) is 0 Å². The van der Waals surface area contributed by atoms with E-state index in [1.54, 1.807) is 18.3 Å². The highest BCUT2D eigenvalue weighted by atomic mass is 79.9. The Balaban J connectivity index is 1.70.